The first-order chi connectivity index (χ1) is 8.15. The third-order valence-corrected chi connectivity index (χ3v) is 2.36. The highest BCUT2D eigenvalue weighted by molar-refractivity contribution is 5.77. The van der Waals surface area contributed by atoms with Crippen molar-refractivity contribution in [2.75, 3.05) is 39.5 Å². The van der Waals surface area contributed by atoms with Gasteiger partial charge in [-0.2, -0.15) is 0 Å². The van der Waals surface area contributed by atoms with Crippen molar-refractivity contribution in [3.05, 3.63) is 0 Å². The summed E-state index contributed by atoms with van der Waals surface area (Å²) < 4.78 is 10.1. The molecule has 0 bridgehead atoms. The molecular weight excluding hydrogens is 228 g/mol. The van der Waals surface area contributed by atoms with E-state index in [4.69, 9.17) is 14.6 Å². The number of amides is 2. The predicted octanol–water partition coefficient (Wildman–Crippen LogP) is -0.482. The molecule has 1 rings (SSSR count). The molecule has 7 heteroatoms. The summed E-state index contributed by atoms with van der Waals surface area (Å²) in [5, 5.41) is 11.4. The van der Waals surface area contributed by atoms with Crippen LogP contribution in [0.1, 0.15) is 6.92 Å². The van der Waals surface area contributed by atoms with Crippen molar-refractivity contribution in [1.29, 1.82) is 0 Å². The smallest absolute Gasteiger partial charge is 0.334 e. The molecule has 0 radical (unpaired) electrons. The van der Waals surface area contributed by atoms with Crippen molar-refractivity contribution in [3.63, 3.8) is 0 Å². The van der Waals surface area contributed by atoms with Crippen molar-refractivity contribution >= 4 is 12.0 Å². The Balaban J connectivity index is 2.28. The molecule has 1 aliphatic rings. The summed E-state index contributed by atoms with van der Waals surface area (Å²) in [6.45, 7) is 4.09. The zero-order chi connectivity index (χ0) is 12.7. The van der Waals surface area contributed by atoms with Gasteiger partial charge in [-0.25, -0.2) is 9.59 Å². The summed E-state index contributed by atoms with van der Waals surface area (Å²) in [5.41, 5.74) is 0. The van der Waals surface area contributed by atoms with Crippen LogP contribution in [0.15, 0.2) is 0 Å². The van der Waals surface area contributed by atoms with Crippen LogP contribution in [0.4, 0.5) is 4.79 Å². The highest BCUT2D eigenvalue weighted by atomic mass is 16.5. The Morgan fingerprint density at radius 1 is 1.59 bits per heavy atom. The minimum absolute atomic E-state index is 0.0792. The molecule has 1 aliphatic heterocycles. The Morgan fingerprint density at radius 2 is 2.35 bits per heavy atom. The lowest BCUT2D eigenvalue weighted by Gasteiger charge is -2.30. The van der Waals surface area contributed by atoms with Gasteiger partial charge in [0, 0.05) is 19.7 Å². The minimum Gasteiger partial charge on any atom is -0.479 e. The molecule has 0 aromatic rings. The third kappa shape index (κ3) is 4.58. The quantitative estimate of drug-likeness (QED) is 0.639. The van der Waals surface area contributed by atoms with Gasteiger partial charge in [0.2, 0.25) is 0 Å². The highest BCUT2D eigenvalue weighted by Crippen LogP contribution is 2.05. The number of carboxylic acids is 1. The van der Waals surface area contributed by atoms with Crippen LogP contribution in [0.3, 0.4) is 0 Å². The number of rotatable bonds is 5. The van der Waals surface area contributed by atoms with Gasteiger partial charge in [0.25, 0.3) is 0 Å². The van der Waals surface area contributed by atoms with Gasteiger partial charge in [-0.3, -0.25) is 0 Å². The van der Waals surface area contributed by atoms with Crippen LogP contribution in [-0.2, 0) is 14.3 Å². The topological polar surface area (TPSA) is 88.1 Å². The highest BCUT2D eigenvalue weighted by Gasteiger charge is 2.28. The molecule has 0 aliphatic carbocycles. The van der Waals surface area contributed by atoms with Gasteiger partial charge in [0.15, 0.2) is 6.10 Å². The second-order valence-electron chi connectivity index (χ2n) is 3.57. The van der Waals surface area contributed by atoms with E-state index in [1.165, 1.54) is 4.90 Å². The van der Waals surface area contributed by atoms with E-state index in [0.717, 1.165) is 0 Å². The fourth-order valence-corrected chi connectivity index (χ4v) is 1.47. The number of nitrogens with zero attached hydrogens (tertiary/aromatic N) is 1. The molecule has 2 amide bonds. The van der Waals surface area contributed by atoms with Crippen molar-refractivity contribution < 1.29 is 24.2 Å². The molecule has 7 nitrogen and oxygen atoms in total. The minimum atomic E-state index is -1.04. The van der Waals surface area contributed by atoms with Gasteiger partial charge in [-0.15, -0.1) is 0 Å². The first-order valence-electron chi connectivity index (χ1n) is 5.60. The Labute approximate surface area is 99.7 Å². The van der Waals surface area contributed by atoms with Gasteiger partial charge in [-0.1, -0.05) is 0 Å². The zero-order valence-electron chi connectivity index (χ0n) is 9.85. The molecule has 2 N–H and O–H groups in total. The largest absolute Gasteiger partial charge is 0.479 e. The second-order valence-corrected chi connectivity index (χ2v) is 3.57. The Bertz CT molecular complexity index is 271. The van der Waals surface area contributed by atoms with E-state index in [2.05, 4.69) is 5.32 Å². The van der Waals surface area contributed by atoms with E-state index in [1.54, 1.807) is 0 Å². The Kier molecular flexibility index (Phi) is 5.71. The van der Waals surface area contributed by atoms with E-state index in [-0.39, 0.29) is 19.2 Å². The molecule has 17 heavy (non-hydrogen) atoms. The number of carboxylic acid groups (broad SMARTS) is 1. The molecule has 1 unspecified atom stereocenters. The number of carbonyl (C=O) groups excluding carboxylic acids is 1. The normalized spacial score (nSPS) is 20.1. The fourth-order valence-electron chi connectivity index (χ4n) is 1.47. The van der Waals surface area contributed by atoms with Crippen LogP contribution < -0.4 is 5.32 Å². The zero-order valence-corrected chi connectivity index (χ0v) is 9.85. The second kappa shape index (κ2) is 7.08. The predicted molar refractivity (Wildman–Crippen MR) is 58.8 cm³/mol. The lowest BCUT2D eigenvalue weighted by Crippen LogP contribution is -2.52. The first-order valence-corrected chi connectivity index (χ1v) is 5.60. The molecule has 0 saturated carbocycles. The maximum Gasteiger partial charge on any atom is 0.334 e. The van der Waals surface area contributed by atoms with Gasteiger partial charge in [0.05, 0.1) is 19.8 Å². The number of hydrogen-bond donors (Lipinski definition) is 2. The molecule has 0 spiro atoms. The lowest BCUT2D eigenvalue weighted by molar-refractivity contribution is -0.154. The van der Waals surface area contributed by atoms with E-state index >= 15 is 0 Å². The van der Waals surface area contributed by atoms with E-state index < -0.39 is 12.1 Å². The van der Waals surface area contributed by atoms with Crippen LogP contribution in [-0.4, -0.2) is 67.6 Å². The number of nitrogens with one attached hydrogen (secondary N) is 1. The summed E-state index contributed by atoms with van der Waals surface area (Å²) in [6, 6.07) is -0.278. The molecule has 1 atom stereocenters. The Hall–Kier alpha value is -1.34. The van der Waals surface area contributed by atoms with Crippen molar-refractivity contribution in [3.8, 4) is 0 Å². The molecule has 0 aromatic heterocycles. The van der Waals surface area contributed by atoms with Crippen LogP contribution in [0.2, 0.25) is 0 Å². The van der Waals surface area contributed by atoms with Gasteiger partial charge in [0.1, 0.15) is 0 Å². The monoisotopic (exact) mass is 246 g/mol. The van der Waals surface area contributed by atoms with Gasteiger partial charge >= 0.3 is 12.0 Å². The van der Waals surface area contributed by atoms with E-state index in [1.807, 2.05) is 6.92 Å². The third-order valence-electron chi connectivity index (χ3n) is 2.36. The summed E-state index contributed by atoms with van der Waals surface area (Å²) in [6.07, 6.45) is -0.929. The molecule has 1 heterocycles. The van der Waals surface area contributed by atoms with Crippen molar-refractivity contribution in [2.24, 2.45) is 0 Å². The average molecular weight is 246 g/mol. The maximum atomic E-state index is 11.6. The van der Waals surface area contributed by atoms with Gasteiger partial charge < -0.3 is 24.8 Å². The van der Waals surface area contributed by atoms with E-state index in [9.17, 15) is 9.59 Å². The number of urea groups is 1. The van der Waals surface area contributed by atoms with Crippen LogP contribution in [0.5, 0.6) is 0 Å². The fraction of sp³-hybridized carbons (Fsp3) is 0.800. The van der Waals surface area contributed by atoms with Crippen molar-refractivity contribution in [2.45, 2.75) is 13.0 Å². The molecule has 98 valence electrons. The number of hydrogen-bond acceptors (Lipinski definition) is 4. The summed E-state index contributed by atoms with van der Waals surface area (Å²) >= 11 is 0. The van der Waals surface area contributed by atoms with E-state index in [0.29, 0.717) is 26.3 Å². The summed E-state index contributed by atoms with van der Waals surface area (Å²) in [5.74, 6) is -1.04. The van der Waals surface area contributed by atoms with Crippen LogP contribution in [0, 0.1) is 0 Å². The Morgan fingerprint density at radius 3 is 3.00 bits per heavy atom. The first kappa shape index (κ1) is 13.7. The standard InChI is InChI=1S/C10H18N2O5/c1-2-16-5-3-11-10(15)12-4-6-17-8(7-12)9(13)14/h8H,2-7H2,1H3,(H,11,15)(H,13,14). The SMILES string of the molecule is CCOCCNC(=O)N1CCOC(C(=O)O)C1. The van der Waals surface area contributed by atoms with Crippen LogP contribution >= 0.6 is 0 Å². The summed E-state index contributed by atoms with van der Waals surface area (Å²) in [7, 11) is 0. The maximum absolute atomic E-state index is 11.6. The number of morpholine rings is 1. The number of carbonyl (C=O) groups is 2. The molecule has 1 fully saturated rings. The number of ether oxygens (including phenoxy) is 2. The molecule has 0 aromatic carbocycles. The van der Waals surface area contributed by atoms with Crippen molar-refractivity contribution in [1.82, 2.24) is 10.2 Å². The molecule has 1 saturated heterocycles. The van der Waals surface area contributed by atoms with Gasteiger partial charge in [-0.05, 0) is 6.92 Å². The average Bonchev–Trinajstić information content (AvgIpc) is 2.34. The van der Waals surface area contributed by atoms with Crippen LogP contribution in [0.25, 0.3) is 0 Å². The summed E-state index contributed by atoms with van der Waals surface area (Å²) in [4.78, 5) is 23.8. The molecular formula is C10H18N2O5. The lowest BCUT2D eigenvalue weighted by atomic mass is 10.3. The number of aliphatic carboxylic acids is 1.